The van der Waals surface area contributed by atoms with Crippen molar-refractivity contribution in [1.82, 2.24) is 9.13 Å². The normalized spacial score (nSPS) is 11.5. The fourth-order valence-electron chi connectivity index (χ4n) is 10.4. The Morgan fingerprint density at radius 2 is 0.565 bits per heavy atom. The largest absolute Gasteiger partial charge is 0.310 e. The van der Waals surface area contributed by atoms with Gasteiger partial charge in [0.1, 0.15) is 0 Å². The topological polar surface area (TPSA) is 13.1 Å². The van der Waals surface area contributed by atoms with Crippen LogP contribution in [0.15, 0.2) is 273 Å². The molecule has 0 bridgehead atoms. The molecule has 0 atom stereocenters. The van der Waals surface area contributed by atoms with Crippen molar-refractivity contribution in [2.75, 3.05) is 4.90 Å². The lowest BCUT2D eigenvalue weighted by Gasteiger charge is -2.26. The van der Waals surface area contributed by atoms with E-state index < -0.39 is 0 Å². The quantitative estimate of drug-likeness (QED) is 0.141. The third kappa shape index (κ3) is 7.16. The summed E-state index contributed by atoms with van der Waals surface area (Å²) in [6, 6.07) is 99.1. The van der Waals surface area contributed by atoms with Crippen LogP contribution >= 0.6 is 0 Å². The Hall–Kier alpha value is -9.18. The van der Waals surface area contributed by atoms with Gasteiger partial charge in [0, 0.05) is 50.0 Å². The molecule has 3 heteroatoms. The average molecular weight is 880 g/mol. The molecule has 13 aromatic rings. The number of hydrogen-bond acceptors (Lipinski definition) is 1. The van der Waals surface area contributed by atoms with Crippen LogP contribution in [0.2, 0.25) is 0 Å². The highest BCUT2D eigenvalue weighted by Crippen LogP contribution is 2.42. The number of hydrogen-bond donors (Lipinski definition) is 0. The standard InChI is InChI=1S/C66H45N3/c1-5-17-46(18-6-1)51-41-52(47-19-7-2-8-20-47)43-53(42-51)49-31-36-57(37-32-49)67(58-38-39-61-59-25-13-15-27-63(59)69(66(61)45-58)55-23-11-4-12-24-55)56-34-29-48(30-35-56)50-33-40-65-62(44-50)60-26-14-16-28-64(60)68(65)54-21-9-3-10-22-54/h1-45H. The summed E-state index contributed by atoms with van der Waals surface area (Å²) >= 11 is 0. The summed E-state index contributed by atoms with van der Waals surface area (Å²) in [5.41, 5.74) is 19.8. The van der Waals surface area contributed by atoms with E-state index in [0.29, 0.717) is 0 Å². The predicted octanol–water partition coefficient (Wildman–Crippen LogP) is 18.0. The predicted molar refractivity (Wildman–Crippen MR) is 292 cm³/mol. The third-order valence-electron chi connectivity index (χ3n) is 13.7. The number of anilines is 3. The number of benzene rings is 11. The zero-order valence-corrected chi connectivity index (χ0v) is 37.8. The van der Waals surface area contributed by atoms with Crippen molar-refractivity contribution in [3.8, 4) is 55.9 Å². The first-order valence-electron chi connectivity index (χ1n) is 23.7. The van der Waals surface area contributed by atoms with Crippen LogP contribution in [0.5, 0.6) is 0 Å². The van der Waals surface area contributed by atoms with Gasteiger partial charge in [-0.3, -0.25) is 0 Å². The van der Waals surface area contributed by atoms with Crippen LogP contribution in [0.1, 0.15) is 0 Å². The van der Waals surface area contributed by atoms with Crippen LogP contribution in [0.3, 0.4) is 0 Å². The molecule has 0 saturated heterocycles. The van der Waals surface area contributed by atoms with Crippen LogP contribution < -0.4 is 4.90 Å². The third-order valence-corrected chi connectivity index (χ3v) is 13.7. The lowest BCUT2D eigenvalue weighted by atomic mass is 9.93. The highest BCUT2D eigenvalue weighted by atomic mass is 15.1. The van der Waals surface area contributed by atoms with E-state index in [1.54, 1.807) is 0 Å². The van der Waals surface area contributed by atoms with Crippen molar-refractivity contribution in [3.05, 3.63) is 273 Å². The molecule has 0 saturated carbocycles. The SMILES string of the molecule is c1ccc(-c2cc(-c3ccccc3)cc(-c3ccc(N(c4ccc(-c5ccc6c(c5)c5ccccc5n6-c5ccccc5)cc4)c4ccc5c6ccccc6n(-c6ccccc6)c5c4)cc3)c2)cc1. The lowest BCUT2D eigenvalue weighted by Crippen LogP contribution is -2.10. The molecule has 0 aliphatic rings. The maximum absolute atomic E-state index is 2.40. The zero-order valence-electron chi connectivity index (χ0n) is 37.8. The molecule has 0 aliphatic heterocycles. The zero-order chi connectivity index (χ0) is 45.7. The van der Waals surface area contributed by atoms with Crippen LogP contribution in [-0.4, -0.2) is 9.13 Å². The van der Waals surface area contributed by atoms with Crippen molar-refractivity contribution >= 4 is 60.7 Å². The molecule has 3 nitrogen and oxygen atoms in total. The first kappa shape index (κ1) is 40.1. The van der Waals surface area contributed by atoms with Gasteiger partial charge < -0.3 is 14.0 Å². The average Bonchev–Trinajstić information content (AvgIpc) is 3.94. The van der Waals surface area contributed by atoms with Gasteiger partial charge in [-0.05, 0) is 148 Å². The van der Waals surface area contributed by atoms with Crippen LogP contribution in [-0.2, 0) is 0 Å². The summed E-state index contributed by atoms with van der Waals surface area (Å²) in [4.78, 5) is 2.40. The van der Waals surface area contributed by atoms with Crippen LogP contribution in [0.25, 0.3) is 99.5 Å². The molecule has 324 valence electrons. The van der Waals surface area contributed by atoms with Gasteiger partial charge in [0.25, 0.3) is 0 Å². The minimum Gasteiger partial charge on any atom is -0.310 e. The summed E-state index contributed by atoms with van der Waals surface area (Å²) < 4.78 is 4.77. The van der Waals surface area contributed by atoms with Gasteiger partial charge in [-0.25, -0.2) is 0 Å². The fourth-order valence-corrected chi connectivity index (χ4v) is 10.4. The number of para-hydroxylation sites is 4. The van der Waals surface area contributed by atoms with Gasteiger partial charge in [0.15, 0.2) is 0 Å². The van der Waals surface area contributed by atoms with E-state index in [0.717, 1.165) is 39.5 Å². The van der Waals surface area contributed by atoms with E-state index in [-0.39, 0.29) is 0 Å². The van der Waals surface area contributed by atoms with Crippen LogP contribution in [0, 0.1) is 0 Å². The molecule has 69 heavy (non-hydrogen) atoms. The number of rotatable bonds is 9. The molecular formula is C66H45N3. The Bertz CT molecular complexity index is 3910. The Morgan fingerprint density at radius 3 is 1.09 bits per heavy atom. The Morgan fingerprint density at radius 1 is 0.203 bits per heavy atom. The number of nitrogens with zero attached hydrogens (tertiary/aromatic N) is 3. The van der Waals surface area contributed by atoms with Crippen molar-refractivity contribution in [1.29, 1.82) is 0 Å². The highest BCUT2D eigenvalue weighted by molar-refractivity contribution is 6.11. The summed E-state index contributed by atoms with van der Waals surface area (Å²) in [6.45, 7) is 0. The van der Waals surface area contributed by atoms with Gasteiger partial charge in [-0.2, -0.15) is 0 Å². The van der Waals surface area contributed by atoms with Gasteiger partial charge >= 0.3 is 0 Å². The lowest BCUT2D eigenvalue weighted by molar-refractivity contribution is 1.18. The van der Waals surface area contributed by atoms with E-state index in [1.165, 1.54) is 77.0 Å². The smallest absolute Gasteiger partial charge is 0.0561 e. The maximum atomic E-state index is 2.40. The minimum absolute atomic E-state index is 1.07. The second-order valence-electron chi connectivity index (χ2n) is 17.8. The van der Waals surface area contributed by atoms with Crippen LogP contribution in [0.4, 0.5) is 17.1 Å². The monoisotopic (exact) mass is 879 g/mol. The molecule has 0 aliphatic carbocycles. The molecule has 0 spiro atoms. The first-order chi connectivity index (χ1) is 34.2. The molecule has 0 fully saturated rings. The van der Waals surface area contributed by atoms with E-state index in [9.17, 15) is 0 Å². The molecule has 2 heterocycles. The van der Waals surface area contributed by atoms with Gasteiger partial charge in [-0.1, -0.05) is 170 Å². The van der Waals surface area contributed by atoms with E-state index >= 15 is 0 Å². The maximum Gasteiger partial charge on any atom is 0.0561 e. The minimum atomic E-state index is 1.07. The summed E-state index contributed by atoms with van der Waals surface area (Å²) in [6.07, 6.45) is 0. The summed E-state index contributed by atoms with van der Waals surface area (Å²) in [5, 5.41) is 4.95. The Kier molecular flexibility index (Phi) is 9.84. The Balaban J connectivity index is 0.940. The van der Waals surface area contributed by atoms with Gasteiger partial charge in [0.05, 0.1) is 22.1 Å². The second kappa shape index (κ2) is 16.9. The first-order valence-corrected chi connectivity index (χ1v) is 23.7. The number of fused-ring (bicyclic) bond motifs is 6. The fraction of sp³-hybridized carbons (Fsp3) is 0. The van der Waals surface area contributed by atoms with Crippen molar-refractivity contribution in [3.63, 3.8) is 0 Å². The molecule has 0 N–H and O–H groups in total. The summed E-state index contributed by atoms with van der Waals surface area (Å²) in [5.74, 6) is 0. The molecule has 11 aromatic carbocycles. The number of aromatic nitrogens is 2. The molecule has 0 unspecified atom stereocenters. The molecule has 13 rings (SSSR count). The molecule has 2 aromatic heterocycles. The second-order valence-corrected chi connectivity index (χ2v) is 17.8. The van der Waals surface area contributed by atoms with Crippen molar-refractivity contribution in [2.45, 2.75) is 0 Å². The van der Waals surface area contributed by atoms with Gasteiger partial charge in [-0.15, -0.1) is 0 Å². The Labute approximate surface area is 401 Å². The highest BCUT2D eigenvalue weighted by Gasteiger charge is 2.19. The molecule has 0 radical (unpaired) electrons. The van der Waals surface area contributed by atoms with E-state index in [1.807, 2.05) is 0 Å². The molecule has 0 amide bonds. The molecular weight excluding hydrogens is 835 g/mol. The van der Waals surface area contributed by atoms with Crippen molar-refractivity contribution in [2.24, 2.45) is 0 Å². The van der Waals surface area contributed by atoms with Crippen molar-refractivity contribution < 1.29 is 0 Å². The van der Waals surface area contributed by atoms with Gasteiger partial charge in [0.2, 0.25) is 0 Å². The van der Waals surface area contributed by atoms with E-state index in [4.69, 9.17) is 0 Å². The summed E-state index contributed by atoms with van der Waals surface area (Å²) in [7, 11) is 0. The van der Waals surface area contributed by atoms with E-state index in [2.05, 4.69) is 287 Å².